The van der Waals surface area contributed by atoms with Gasteiger partial charge in [0, 0.05) is 29.6 Å². The number of aromatic nitrogens is 2. The zero-order valence-corrected chi connectivity index (χ0v) is 17.3. The summed E-state index contributed by atoms with van der Waals surface area (Å²) in [5, 5.41) is 5.71. The van der Waals surface area contributed by atoms with Gasteiger partial charge in [0.25, 0.3) is 0 Å². The van der Waals surface area contributed by atoms with Crippen molar-refractivity contribution in [1.29, 1.82) is 0 Å². The second kappa shape index (κ2) is 9.63. The Morgan fingerprint density at radius 1 is 0.897 bits per heavy atom. The molecule has 0 saturated heterocycles. The summed E-state index contributed by atoms with van der Waals surface area (Å²) in [6.45, 7) is 4.08. The predicted molar refractivity (Wildman–Crippen MR) is 118 cm³/mol. The molecule has 0 fully saturated rings. The first kappa shape index (κ1) is 19.6. The van der Waals surface area contributed by atoms with Crippen molar-refractivity contribution in [3.05, 3.63) is 90.1 Å². The van der Waals surface area contributed by atoms with Crippen LogP contribution in [0.15, 0.2) is 83.9 Å². The summed E-state index contributed by atoms with van der Waals surface area (Å²) in [5.74, 6) is 0.869. The summed E-state index contributed by atoms with van der Waals surface area (Å²) in [6.07, 6.45) is 2.88. The maximum absolute atomic E-state index is 6.01. The second-order valence-electron chi connectivity index (χ2n) is 6.92. The molecule has 0 aliphatic heterocycles. The maximum Gasteiger partial charge on any atom is 0.130 e. The van der Waals surface area contributed by atoms with Crippen LogP contribution in [0.25, 0.3) is 10.9 Å². The van der Waals surface area contributed by atoms with Gasteiger partial charge >= 0.3 is 0 Å². The van der Waals surface area contributed by atoms with Crippen molar-refractivity contribution >= 4 is 22.9 Å². The van der Waals surface area contributed by atoms with Gasteiger partial charge in [-0.25, -0.2) is 0 Å². The Morgan fingerprint density at radius 3 is 2.55 bits per heavy atom. The highest BCUT2D eigenvalue weighted by Crippen LogP contribution is 2.25. The number of hydrogen-bond acceptors (Lipinski definition) is 4. The molecule has 4 aromatic rings. The lowest BCUT2D eigenvalue weighted by atomic mass is 10.2. The van der Waals surface area contributed by atoms with Gasteiger partial charge in [-0.1, -0.05) is 54.1 Å². The molecule has 0 spiro atoms. The van der Waals surface area contributed by atoms with Crippen LogP contribution in [0.5, 0.6) is 5.75 Å². The van der Waals surface area contributed by atoms with Crippen LogP contribution in [0.4, 0.5) is 0 Å². The number of hydrogen-bond donors (Lipinski definition) is 0. The van der Waals surface area contributed by atoms with Gasteiger partial charge in [0.1, 0.15) is 5.75 Å². The minimum atomic E-state index is 0.609. The van der Waals surface area contributed by atoms with Crippen LogP contribution in [0.1, 0.15) is 17.5 Å². The van der Waals surface area contributed by atoms with E-state index in [2.05, 4.69) is 54.6 Å². The minimum Gasteiger partial charge on any atom is -0.493 e. The topological polar surface area (TPSA) is 36.3 Å². The zero-order chi connectivity index (χ0) is 19.9. The van der Waals surface area contributed by atoms with Crippen LogP contribution < -0.4 is 4.74 Å². The van der Waals surface area contributed by atoms with Gasteiger partial charge in [0.2, 0.25) is 0 Å². The molecule has 4 rings (SSSR count). The van der Waals surface area contributed by atoms with E-state index in [9.17, 15) is 0 Å². The van der Waals surface area contributed by atoms with E-state index >= 15 is 0 Å². The van der Waals surface area contributed by atoms with Gasteiger partial charge in [0.05, 0.1) is 30.7 Å². The lowest BCUT2D eigenvalue weighted by Crippen LogP contribution is -2.01. The Labute approximate surface area is 175 Å². The molecule has 5 heteroatoms. The van der Waals surface area contributed by atoms with Crippen molar-refractivity contribution in [2.75, 3.05) is 13.2 Å². The minimum absolute atomic E-state index is 0.609. The van der Waals surface area contributed by atoms with Gasteiger partial charge in [-0.15, -0.1) is 0 Å². The van der Waals surface area contributed by atoms with Crippen LogP contribution in [-0.2, 0) is 10.7 Å². The Morgan fingerprint density at radius 2 is 1.72 bits per heavy atom. The highest BCUT2D eigenvalue weighted by Gasteiger charge is 2.07. The fourth-order valence-electron chi connectivity index (χ4n) is 3.05. The van der Waals surface area contributed by atoms with Crippen LogP contribution in [0.2, 0.25) is 0 Å². The fraction of sp³-hybridized carbons (Fsp3) is 0.208. The number of aryl methyl sites for hydroxylation is 1. The molecule has 0 saturated carbocycles. The van der Waals surface area contributed by atoms with Crippen molar-refractivity contribution in [3.63, 3.8) is 0 Å². The van der Waals surface area contributed by atoms with Crippen LogP contribution in [-0.4, -0.2) is 23.0 Å². The summed E-state index contributed by atoms with van der Waals surface area (Å²) in [7, 11) is 0. The summed E-state index contributed by atoms with van der Waals surface area (Å²) in [6, 6.07) is 24.7. The molecule has 0 aliphatic carbocycles. The highest BCUT2D eigenvalue weighted by molar-refractivity contribution is 7.94. The average molecular weight is 405 g/mol. The Hall–Kier alpha value is -2.76. The Kier molecular flexibility index (Phi) is 6.49. The van der Waals surface area contributed by atoms with Crippen molar-refractivity contribution in [1.82, 2.24) is 9.78 Å². The fourth-order valence-corrected chi connectivity index (χ4v) is 3.63. The number of ether oxygens (including phenoxy) is 1. The van der Waals surface area contributed by atoms with Gasteiger partial charge in [-0.05, 0) is 36.8 Å². The van der Waals surface area contributed by atoms with E-state index in [1.165, 1.54) is 23.2 Å². The van der Waals surface area contributed by atoms with E-state index < -0.39 is 0 Å². The molecule has 0 N–H and O–H groups in total. The molecule has 148 valence electrons. The SMILES string of the molecule is Cc1ccc(SOCCCOc2cccc3nn(Cc4ccccc4)cc23)cc1. The monoisotopic (exact) mass is 404 g/mol. The van der Waals surface area contributed by atoms with Gasteiger partial charge < -0.3 is 8.92 Å². The van der Waals surface area contributed by atoms with Crippen LogP contribution in [0, 0.1) is 6.92 Å². The molecule has 3 aromatic carbocycles. The van der Waals surface area contributed by atoms with Crippen molar-refractivity contribution < 1.29 is 8.92 Å². The number of benzene rings is 3. The smallest absolute Gasteiger partial charge is 0.130 e. The standard InChI is InChI=1S/C24H24N2O2S/c1-19-11-13-21(14-12-19)29-28-16-6-15-27-24-10-5-9-23-22(24)18-26(25-23)17-20-7-3-2-4-8-20/h2-5,7-14,18H,6,15-17H2,1H3. The van der Waals surface area contributed by atoms with Crippen LogP contribution in [0.3, 0.4) is 0 Å². The molecule has 29 heavy (non-hydrogen) atoms. The van der Waals surface area contributed by atoms with Crippen molar-refractivity contribution in [2.24, 2.45) is 0 Å². The number of nitrogens with zero attached hydrogens (tertiary/aromatic N) is 2. The van der Waals surface area contributed by atoms with Gasteiger partial charge in [-0.2, -0.15) is 5.10 Å². The lowest BCUT2D eigenvalue weighted by molar-refractivity contribution is 0.269. The Bertz CT molecular complexity index is 1050. The molecule has 0 amide bonds. The molecule has 1 heterocycles. The number of fused-ring (bicyclic) bond motifs is 1. The van der Waals surface area contributed by atoms with Gasteiger partial charge in [0.15, 0.2) is 0 Å². The quantitative estimate of drug-likeness (QED) is 0.258. The van der Waals surface area contributed by atoms with Crippen molar-refractivity contribution in [3.8, 4) is 5.75 Å². The Balaban J connectivity index is 1.28. The third kappa shape index (κ3) is 5.40. The van der Waals surface area contributed by atoms with Crippen molar-refractivity contribution in [2.45, 2.75) is 24.8 Å². The van der Waals surface area contributed by atoms with E-state index in [1.54, 1.807) is 0 Å². The zero-order valence-electron chi connectivity index (χ0n) is 16.5. The van der Waals surface area contributed by atoms with E-state index in [4.69, 9.17) is 8.92 Å². The van der Waals surface area contributed by atoms with Gasteiger partial charge in [-0.3, -0.25) is 4.68 Å². The molecule has 4 nitrogen and oxygen atoms in total. The largest absolute Gasteiger partial charge is 0.493 e. The molecular weight excluding hydrogens is 380 g/mol. The van der Waals surface area contributed by atoms with E-state index in [0.29, 0.717) is 13.2 Å². The maximum atomic E-state index is 6.01. The second-order valence-corrected chi connectivity index (χ2v) is 7.80. The first-order valence-corrected chi connectivity index (χ1v) is 10.5. The lowest BCUT2D eigenvalue weighted by Gasteiger charge is -2.07. The summed E-state index contributed by atoms with van der Waals surface area (Å²) < 4.78 is 13.7. The van der Waals surface area contributed by atoms with Crippen LogP contribution >= 0.6 is 12.0 Å². The normalized spacial score (nSPS) is 11.1. The molecule has 0 radical (unpaired) electrons. The third-order valence-corrected chi connectivity index (χ3v) is 5.30. The highest BCUT2D eigenvalue weighted by atomic mass is 32.2. The molecule has 0 aliphatic rings. The molecular formula is C24H24N2O2S. The summed E-state index contributed by atoms with van der Waals surface area (Å²) in [4.78, 5) is 1.12. The summed E-state index contributed by atoms with van der Waals surface area (Å²) in [5.41, 5.74) is 3.43. The van der Waals surface area contributed by atoms with E-state index in [0.717, 1.165) is 34.5 Å². The average Bonchev–Trinajstić information content (AvgIpc) is 3.16. The molecule has 0 bridgehead atoms. The predicted octanol–water partition coefficient (Wildman–Crippen LogP) is 5.89. The first-order chi connectivity index (χ1) is 14.3. The summed E-state index contributed by atoms with van der Waals surface area (Å²) >= 11 is 1.41. The van der Waals surface area contributed by atoms with E-state index in [1.807, 2.05) is 41.1 Å². The molecule has 0 unspecified atom stereocenters. The molecule has 0 atom stereocenters. The third-order valence-electron chi connectivity index (χ3n) is 4.55. The molecule has 1 aromatic heterocycles. The van der Waals surface area contributed by atoms with E-state index in [-0.39, 0.29) is 0 Å². The number of rotatable bonds is 9. The first-order valence-electron chi connectivity index (χ1n) is 9.77.